The summed E-state index contributed by atoms with van der Waals surface area (Å²) in [6, 6.07) is 1.78. The van der Waals surface area contributed by atoms with Crippen LogP contribution in [0.5, 0.6) is 11.5 Å². The molecule has 0 fully saturated rings. The Kier molecular flexibility index (Phi) is 5.88. The second-order valence-electron chi connectivity index (χ2n) is 6.47. The zero-order chi connectivity index (χ0) is 18.1. The van der Waals surface area contributed by atoms with Crippen LogP contribution in [-0.2, 0) is 11.2 Å². The van der Waals surface area contributed by atoms with Gasteiger partial charge in [0.15, 0.2) is 11.5 Å². The molecule has 7 heteroatoms. The molecule has 1 atom stereocenters. The van der Waals surface area contributed by atoms with Gasteiger partial charge in [-0.05, 0) is 46.8 Å². The molecule has 2 aliphatic rings. The number of rotatable bonds is 4. The number of carbonyl (C=O) groups is 1. The molecule has 0 aromatic heterocycles. The molecule has 0 radical (unpaired) electrons. The number of nitrogens with zero attached hydrogens (tertiary/aromatic N) is 1. The van der Waals surface area contributed by atoms with Gasteiger partial charge in [0.25, 0.3) is 0 Å². The van der Waals surface area contributed by atoms with Gasteiger partial charge < -0.3 is 14.9 Å². The lowest BCUT2D eigenvalue weighted by Crippen LogP contribution is -2.44. The van der Waals surface area contributed by atoms with Gasteiger partial charge in [0, 0.05) is 29.9 Å². The van der Waals surface area contributed by atoms with Crippen LogP contribution in [-0.4, -0.2) is 47.3 Å². The Labute approximate surface area is 163 Å². The lowest BCUT2D eigenvalue weighted by molar-refractivity contribution is -0.119. The van der Waals surface area contributed by atoms with Gasteiger partial charge in [0.05, 0.1) is 18.3 Å². The Morgan fingerprint density at radius 1 is 1.32 bits per heavy atom. The standard InChI is InChI=1S/C18H21Br2NO4/c1-25-16-8-14(19)13(17(20)18(16)24)7-15-12-3-2-11(23)6-10(12)4-5-21(15)9-22/h8,15,22,24H,2-7,9H2,1H3. The summed E-state index contributed by atoms with van der Waals surface area (Å²) < 4.78 is 6.62. The molecule has 2 N–H and O–H groups in total. The normalized spacial score (nSPS) is 21.4. The summed E-state index contributed by atoms with van der Waals surface area (Å²) in [6.07, 6.45) is 3.35. The average molecular weight is 475 g/mol. The van der Waals surface area contributed by atoms with Gasteiger partial charge in [-0.15, -0.1) is 0 Å². The molecule has 0 amide bonds. The fraction of sp³-hybridized carbons (Fsp3) is 0.500. The summed E-state index contributed by atoms with van der Waals surface area (Å²) in [5.74, 6) is 0.771. The van der Waals surface area contributed by atoms with E-state index in [-0.39, 0.29) is 18.5 Å². The minimum absolute atomic E-state index is 0.0211. The summed E-state index contributed by atoms with van der Waals surface area (Å²) in [5, 5.41) is 20.1. The summed E-state index contributed by atoms with van der Waals surface area (Å²) >= 11 is 7.04. The molecule has 0 saturated heterocycles. The third-order valence-electron chi connectivity index (χ3n) is 5.13. The smallest absolute Gasteiger partial charge is 0.172 e. The van der Waals surface area contributed by atoms with Crippen molar-refractivity contribution in [1.82, 2.24) is 4.90 Å². The van der Waals surface area contributed by atoms with Crippen LogP contribution in [0.4, 0.5) is 0 Å². The van der Waals surface area contributed by atoms with E-state index in [0.717, 1.165) is 29.4 Å². The number of aromatic hydroxyl groups is 1. The van der Waals surface area contributed by atoms with E-state index >= 15 is 0 Å². The van der Waals surface area contributed by atoms with Crippen molar-refractivity contribution < 1.29 is 19.7 Å². The van der Waals surface area contributed by atoms with Crippen LogP contribution in [0.25, 0.3) is 0 Å². The number of phenolic OH excluding ortho intramolecular Hbond substituents is 1. The van der Waals surface area contributed by atoms with Gasteiger partial charge in [-0.3, -0.25) is 9.69 Å². The van der Waals surface area contributed by atoms with Crippen molar-refractivity contribution in [2.24, 2.45) is 0 Å². The van der Waals surface area contributed by atoms with E-state index in [4.69, 9.17) is 4.74 Å². The Morgan fingerprint density at radius 2 is 2.08 bits per heavy atom. The first-order chi connectivity index (χ1) is 12.0. The number of ether oxygens (including phenoxy) is 1. The van der Waals surface area contributed by atoms with Crippen molar-refractivity contribution in [1.29, 1.82) is 0 Å². The molecule has 1 aliphatic heterocycles. The first-order valence-electron chi connectivity index (χ1n) is 8.27. The Morgan fingerprint density at radius 3 is 2.76 bits per heavy atom. The van der Waals surface area contributed by atoms with Crippen LogP contribution >= 0.6 is 31.9 Å². The minimum atomic E-state index is -0.0211. The number of carbonyl (C=O) groups excluding carboxylic acids is 1. The number of Topliss-reactive ketones (excluding diaryl/α,β-unsaturated/α-hetero) is 1. The van der Waals surface area contributed by atoms with Crippen molar-refractivity contribution in [2.75, 3.05) is 20.4 Å². The molecule has 1 aliphatic carbocycles. The first-order valence-corrected chi connectivity index (χ1v) is 9.86. The molecule has 1 aromatic carbocycles. The molecular formula is C18H21Br2NO4. The number of aliphatic hydroxyl groups is 1. The summed E-state index contributed by atoms with van der Waals surface area (Å²) in [6.45, 7) is 0.720. The van der Waals surface area contributed by atoms with Gasteiger partial charge in [-0.2, -0.15) is 0 Å². The van der Waals surface area contributed by atoms with Crippen molar-refractivity contribution in [3.63, 3.8) is 0 Å². The molecule has 0 bridgehead atoms. The van der Waals surface area contributed by atoms with E-state index < -0.39 is 0 Å². The number of halogens is 2. The zero-order valence-corrected chi connectivity index (χ0v) is 17.2. The first kappa shape index (κ1) is 18.9. The second kappa shape index (κ2) is 7.78. The number of benzene rings is 1. The number of hydrogen-bond acceptors (Lipinski definition) is 5. The van der Waals surface area contributed by atoms with Crippen LogP contribution < -0.4 is 4.74 Å². The van der Waals surface area contributed by atoms with E-state index in [0.29, 0.717) is 35.3 Å². The highest BCUT2D eigenvalue weighted by atomic mass is 79.9. The number of ketones is 1. The van der Waals surface area contributed by atoms with Crippen LogP contribution in [0, 0.1) is 0 Å². The van der Waals surface area contributed by atoms with Gasteiger partial charge in [-0.1, -0.05) is 27.1 Å². The number of phenols is 1. The van der Waals surface area contributed by atoms with Crippen molar-refractivity contribution in [3.8, 4) is 11.5 Å². The molecule has 1 heterocycles. The highest BCUT2D eigenvalue weighted by Crippen LogP contribution is 2.43. The maximum atomic E-state index is 11.8. The van der Waals surface area contributed by atoms with Crippen LogP contribution in [0.2, 0.25) is 0 Å². The van der Waals surface area contributed by atoms with E-state index in [2.05, 4.69) is 31.9 Å². The van der Waals surface area contributed by atoms with Gasteiger partial charge in [-0.25, -0.2) is 0 Å². The Hall–Kier alpha value is -0.890. The lowest BCUT2D eigenvalue weighted by Gasteiger charge is -2.40. The van der Waals surface area contributed by atoms with E-state index in [1.807, 2.05) is 4.90 Å². The van der Waals surface area contributed by atoms with E-state index in [9.17, 15) is 15.0 Å². The molecular weight excluding hydrogens is 454 g/mol. The number of hydrogen-bond donors (Lipinski definition) is 2. The molecule has 3 rings (SSSR count). The predicted octanol–water partition coefficient (Wildman–Crippen LogP) is 3.54. The average Bonchev–Trinajstić information content (AvgIpc) is 2.61. The topological polar surface area (TPSA) is 70.0 Å². The highest BCUT2D eigenvalue weighted by Gasteiger charge is 2.33. The van der Waals surface area contributed by atoms with Crippen LogP contribution in [0.3, 0.4) is 0 Å². The van der Waals surface area contributed by atoms with Crippen molar-refractivity contribution in [2.45, 2.75) is 38.1 Å². The number of methoxy groups -OCH3 is 1. The maximum absolute atomic E-state index is 11.8. The van der Waals surface area contributed by atoms with Crippen LogP contribution in [0.1, 0.15) is 31.2 Å². The second-order valence-corrected chi connectivity index (χ2v) is 8.12. The van der Waals surface area contributed by atoms with Gasteiger partial charge in [0.1, 0.15) is 5.78 Å². The summed E-state index contributed by atoms with van der Waals surface area (Å²) in [4.78, 5) is 13.8. The lowest BCUT2D eigenvalue weighted by atomic mass is 9.80. The molecule has 1 aromatic rings. The summed E-state index contributed by atoms with van der Waals surface area (Å²) in [5.41, 5.74) is 3.43. The predicted molar refractivity (Wildman–Crippen MR) is 102 cm³/mol. The summed E-state index contributed by atoms with van der Waals surface area (Å²) in [7, 11) is 1.51. The van der Waals surface area contributed by atoms with Crippen LogP contribution in [0.15, 0.2) is 26.2 Å². The largest absolute Gasteiger partial charge is 0.503 e. The monoisotopic (exact) mass is 473 g/mol. The molecule has 0 saturated carbocycles. The van der Waals surface area contributed by atoms with Gasteiger partial charge in [0.2, 0.25) is 0 Å². The van der Waals surface area contributed by atoms with Crippen molar-refractivity contribution >= 4 is 37.6 Å². The molecule has 5 nitrogen and oxygen atoms in total. The fourth-order valence-electron chi connectivity index (χ4n) is 3.78. The maximum Gasteiger partial charge on any atom is 0.172 e. The minimum Gasteiger partial charge on any atom is -0.503 e. The molecule has 1 unspecified atom stereocenters. The van der Waals surface area contributed by atoms with E-state index in [1.165, 1.54) is 18.3 Å². The van der Waals surface area contributed by atoms with Gasteiger partial charge >= 0.3 is 0 Å². The van der Waals surface area contributed by atoms with E-state index in [1.54, 1.807) is 6.07 Å². The Bertz CT molecular complexity index is 732. The number of aliphatic hydroxyl groups excluding tert-OH is 1. The molecule has 0 spiro atoms. The molecule has 136 valence electrons. The molecule has 25 heavy (non-hydrogen) atoms. The third-order valence-corrected chi connectivity index (χ3v) is 6.69. The third kappa shape index (κ3) is 3.65. The quantitative estimate of drug-likeness (QED) is 0.653. The zero-order valence-electron chi connectivity index (χ0n) is 14.0. The highest BCUT2D eigenvalue weighted by molar-refractivity contribution is 9.11. The fourth-order valence-corrected chi connectivity index (χ4v) is 5.19. The Balaban J connectivity index is 1.98. The van der Waals surface area contributed by atoms with Crippen molar-refractivity contribution in [3.05, 3.63) is 31.7 Å². The SMILES string of the molecule is COc1cc(Br)c(CC2C3=C(CCN2CO)CC(=O)CC3)c(Br)c1O.